The van der Waals surface area contributed by atoms with Crippen molar-refractivity contribution in [1.82, 2.24) is 15.6 Å². The normalized spacial score (nSPS) is 17.4. The standard InChI is InChI=1S/C15H17N3O.2ClH/c19-15(17-12-5-3-9-16-10-12)14-8-7-11-4-1-2-6-13(11)18-14;;/h1-2,4,6-8,12,16H,3,5,9-10H2,(H,17,19);2*1H/t12-;;/m0../s1. The molecule has 2 N–H and O–H groups in total. The molecular formula is C15H19Cl2N3O. The molecule has 114 valence electrons. The quantitative estimate of drug-likeness (QED) is 0.891. The number of nitrogens with zero attached hydrogens (tertiary/aromatic N) is 1. The fourth-order valence-electron chi connectivity index (χ4n) is 2.43. The molecule has 1 saturated heterocycles. The topological polar surface area (TPSA) is 54.0 Å². The minimum atomic E-state index is -0.0838. The van der Waals surface area contributed by atoms with Gasteiger partial charge in [0.15, 0.2) is 0 Å². The lowest BCUT2D eigenvalue weighted by Gasteiger charge is -2.23. The van der Waals surface area contributed by atoms with Gasteiger partial charge in [0.25, 0.3) is 5.91 Å². The van der Waals surface area contributed by atoms with Gasteiger partial charge in [0.2, 0.25) is 0 Å². The third kappa shape index (κ3) is 4.30. The highest BCUT2D eigenvalue weighted by molar-refractivity contribution is 5.95. The van der Waals surface area contributed by atoms with Crippen LogP contribution in [-0.4, -0.2) is 30.0 Å². The Labute approximate surface area is 136 Å². The third-order valence-electron chi connectivity index (χ3n) is 3.46. The number of para-hydroxylation sites is 1. The van der Waals surface area contributed by atoms with E-state index >= 15 is 0 Å². The van der Waals surface area contributed by atoms with Gasteiger partial charge in [-0.05, 0) is 31.5 Å². The summed E-state index contributed by atoms with van der Waals surface area (Å²) in [6, 6.07) is 11.8. The van der Waals surface area contributed by atoms with Crippen LogP contribution < -0.4 is 10.6 Å². The number of amides is 1. The van der Waals surface area contributed by atoms with Crippen LogP contribution in [0.25, 0.3) is 10.9 Å². The number of halogens is 2. The Morgan fingerprint density at radius 3 is 2.76 bits per heavy atom. The van der Waals surface area contributed by atoms with Gasteiger partial charge in [0, 0.05) is 18.0 Å². The van der Waals surface area contributed by atoms with Crippen molar-refractivity contribution in [2.24, 2.45) is 0 Å². The van der Waals surface area contributed by atoms with E-state index in [-0.39, 0.29) is 36.8 Å². The Balaban J connectivity index is 0.00000110. The van der Waals surface area contributed by atoms with Crippen molar-refractivity contribution in [1.29, 1.82) is 0 Å². The van der Waals surface area contributed by atoms with Crippen LogP contribution in [0, 0.1) is 0 Å². The van der Waals surface area contributed by atoms with Crippen LogP contribution in [0.4, 0.5) is 0 Å². The summed E-state index contributed by atoms with van der Waals surface area (Å²) in [5.41, 5.74) is 1.35. The second kappa shape index (κ2) is 8.17. The van der Waals surface area contributed by atoms with Gasteiger partial charge < -0.3 is 10.6 Å². The van der Waals surface area contributed by atoms with Crippen molar-refractivity contribution in [2.75, 3.05) is 13.1 Å². The maximum atomic E-state index is 12.2. The summed E-state index contributed by atoms with van der Waals surface area (Å²) in [6.45, 7) is 1.89. The lowest BCUT2D eigenvalue weighted by Crippen LogP contribution is -2.45. The fourth-order valence-corrected chi connectivity index (χ4v) is 2.43. The molecule has 0 saturated carbocycles. The Morgan fingerprint density at radius 2 is 2.00 bits per heavy atom. The summed E-state index contributed by atoms with van der Waals surface area (Å²) >= 11 is 0. The van der Waals surface area contributed by atoms with E-state index in [4.69, 9.17) is 0 Å². The zero-order chi connectivity index (χ0) is 13.1. The second-order valence-corrected chi connectivity index (χ2v) is 4.91. The van der Waals surface area contributed by atoms with Gasteiger partial charge in [-0.1, -0.05) is 24.3 Å². The molecular weight excluding hydrogens is 309 g/mol. The summed E-state index contributed by atoms with van der Waals surface area (Å²) in [4.78, 5) is 16.6. The number of carbonyl (C=O) groups is 1. The number of aromatic nitrogens is 1. The highest BCUT2D eigenvalue weighted by Gasteiger charge is 2.17. The molecule has 21 heavy (non-hydrogen) atoms. The molecule has 6 heteroatoms. The first-order valence-electron chi connectivity index (χ1n) is 6.70. The number of pyridine rings is 1. The molecule has 1 aliphatic rings. The van der Waals surface area contributed by atoms with Crippen molar-refractivity contribution in [3.8, 4) is 0 Å². The average molecular weight is 328 g/mol. The first-order valence-corrected chi connectivity index (χ1v) is 6.70. The predicted molar refractivity (Wildman–Crippen MR) is 89.6 cm³/mol. The smallest absolute Gasteiger partial charge is 0.270 e. The van der Waals surface area contributed by atoms with Crippen molar-refractivity contribution in [2.45, 2.75) is 18.9 Å². The Morgan fingerprint density at radius 1 is 1.19 bits per heavy atom. The molecule has 0 bridgehead atoms. The maximum absolute atomic E-state index is 12.2. The molecule has 4 nitrogen and oxygen atoms in total. The molecule has 1 aromatic carbocycles. The summed E-state index contributed by atoms with van der Waals surface area (Å²) in [7, 11) is 0. The average Bonchev–Trinajstić information content (AvgIpc) is 2.48. The molecule has 0 spiro atoms. The van der Waals surface area contributed by atoms with Crippen LogP contribution in [0.1, 0.15) is 23.3 Å². The van der Waals surface area contributed by atoms with Gasteiger partial charge in [-0.15, -0.1) is 24.8 Å². The van der Waals surface area contributed by atoms with E-state index < -0.39 is 0 Å². The summed E-state index contributed by atoms with van der Waals surface area (Å²) in [5.74, 6) is -0.0838. The molecule has 2 heterocycles. The van der Waals surface area contributed by atoms with E-state index in [2.05, 4.69) is 15.6 Å². The molecule has 3 rings (SSSR count). The molecule has 0 aliphatic carbocycles. The molecule has 0 radical (unpaired) electrons. The number of fused-ring (bicyclic) bond motifs is 1. The Kier molecular flexibility index (Phi) is 6.89. The number of rotatable bonds is 2. The fraction of sp³-hybridized carbons (Fsp3) is 0.333. The largest absolute Gasteiger partial charge is 0.347 e. The van der Waals surface area contributed by atoms with Gasteiger partial charge in [0.05, 0.1) is 5.52 Å². The molecule has 1 aliphatic heterocycles. The number of carbonyl (C=O) groups excluding carboxylic acids is 1. The third-order valence-corrected chi connectivity index (χ3v) is 3.46. The van der Waals surface area contributed by atoms with Crippen molar-refractivity contribution in [3.05, 3.63) is 42.1 Å². The van der Waals surface area contributed by atoms with E-state index in [1.807, 2.05) is 30.3 Å². The number of nitrogens with one attached hydrogen (secondary N) is 2. The SMILES string of the molecule is Cl.Cl.O=C(N[C@H]1CCCNC1)c1ccc2ccccc2n1. The van der Waals surface area contributed by atoms with E-state index in [0.717, 1.165) is 36.8 Å². The van der Waals surface area contributed by atoms with Gasteiger partial charge >= 0.3 is 0 Å². The number of hydrogen-bond acceptors (Lipinski definition) is 3. The first kappa shape index (κ1) is 17.7. The molecule has 1 fully saturated rings. The van der Waals surface area contributed by atoms with Gasteiger partial charge in [0.1, 0.15) is 5.69 Å². The zero-order valence-electron chi connectivity index (χ0n) is 11.5. The minimum absolute atomic E-state index is 0. The maximum Gasteiger partial charge on any atom is 0.270 e. The molecule has 1 atom stereocenters. The van der Waals surface area contributed by atoms with Crippen molar-refractivity contribution >= 4 is 41.6 Å². The highest BCUT2D eigenvalue weighted by atomic mass is 35.5. The van der Waals surface area contributed by atoms with Crippen LogP contribution in [0.3, 0.4) is 0 Å². The first-order chi connectivity index (χ1) is 9.33. The van der Waals surface area contributed by atoms with Gasteiger partial charge in [-0.2, -0.15) is 0 Å². The van der Waals surface area contributed by atoms with Crippen LogP contribution >= 0.6 is 24.8 Å². The number of piperidine rings is 1. The van der Waals surface area contributed by atoms with Gasteiger partial charge in [-0.25, -0.2) is 4.98 Å². The van der Waals surface area contributed by atoms with E-state index in [0.29, 0.717) is 5.69 Å². The number of hydrogen-bond donors (Lipinski definition) is 2. The molecule has 0 unspecified atom stereocenters. The Hall–Kier alpha value is -1.36. The predicted octanol–water partition coefficient (Wildman–Crippen LogP) is 2.56. The highest BCUT2D eigenvalue weighted by Crippen LogP contribution is 2.12. The lowest BCUT2D eigenvalue weighted by atomic mass is 10.1. The van der Waals surface area contributed by atoms with E-state index in [9.17, 15) is 4.79 Å². The van der Waals surface area contributed by atoms with Crippen molar-refractivity contribution < 1.29 is 4.79 Å². The molecule has 2 aromatic rings. The number of benzene rings is 1. The van der Waals surface area contributed by atoms with Crippen LogP contribution in [0.5, 0.6) is 0 Å². The van der Waals surface area contributed by atoms with Gasteiger partial charge in [-0.3, -0.25) is 4.79 Å². The van der Waals surface area contributed by atoms with E-state index in [1.54, 1.807) is 6.07 Å². The summed E-state index contributed by atoms with van der Waals surface area (Å²) in [6.07, 6.45) is 2.14. The summed E-state index contributed by atoms with van der Waals surface area (Å²) < 4.78 is 0. The van der Waals surface area contributed by atoms with Crippen LogP contribution in [-0.2, 0) is 0 Å². The van der Waals surface area contributed by atoms with Crippen molar-refractivity contribution in [3.63, 3.8) is 0 Å². The minimum Gasteiger partial charge on any atom is -0.347 e. The summed E-state index contributed by atoms with van der Waals surface area (Å²) in [5, 5.41) is 7.38. The van der Waals surface area contributed by atoms with Crippen LogP contribution in [0.15, 0.2) is 36.4 Å². The lowest BCUT2D eigenvalue weighted by molar-refractivity contribution is 0.0926. The Bertz CT molecular complexity index is 600. The molecule has 1 aromatic heterocycles. The monoisotopic (exact) mass is 327 g/mol. The van der Waals surface area contributed by atoms with E-state index in [1.165, 1.54) is 0 Å². The molecule has 1 amide bonds. The van der Waals surface area contributed by atoms with Crippen LogP contribution in [0.2, 0.25) is 0 Å². The zero-order valence-corrected chi connectivity index (χ0v) is 13.2. The second-order valence-electron chi connectivity index (χ2n) is 4.91.